The lowest BCUT2D eigenvalue weighted by molar-refractivity contribution is -0.115. The van der Waals surface area contributed by atoms with Gasteiger partial charge in [-0.1, -0.05) is 11.6 Å². The molecule has 0 radical (unpaired) electrons. The summed E-state index contributed by atoms with van der Waals surface area (Å²) >= 11 is 7.30. The lowest BCUT2D eigenvalue weighted by Gasteiger charge is -2.11. The number of nitrogens with one attached hydrogen (secondary N) is 1. The standard InChI is InChI=1S/C20H19ClN2O4S/c1-25-16-7-8-17(18(10-16)26-2)23-19(24)9-14-12-28-20(22-14)11-27-15-5-3-13(21)4-6-15/h3-8,10,12H,9,11H2,1-2H3,(H,23,24). The number of hydrogen-bond acceptors (Lipinski definition) is 6. The average molecular weight is 419 g/mol. The van der Waals surface area contributed by atoms with Gasteiger partial charge >= 0.3 is 0 Å². The van der Waals surface area contributed by atoms with Crippen LogP contribution in [0.25, 0.3) is 0 Å². The molecule has 0 unspecified atom stereocenters. The molecule has 1 amide bonds. The van der Waals surface area contributed by atoms with Crippen LogP contribution in [0.1, 0.15) is 10.7 Å². The van der Waals surface area contributed by atoms with Crippen LogP contribution < -0.4 is 19.5 Å². The van der Waals surface area contributed by atoms with Gasteiger partial charge in [0, 0.05) is 16.5 Å². The second-order valence-corrected chi connectivity index (χ2v) is 7.15. The highest BCUT2D eigenvalue weighted by molar-refractivity contribution is 7.09. The lowest BCUT2D eigenvalue weighted by atomic mass is 10.2. The molecule has 8 heteroatoms. The number of thiazole rings is 1. The number of aromatic nitrogens is 1. The molecule has 0 aliphatic rings. The second-order valence-electron chi connectivity index (χ2n) is 5.77. The largest absolute Gasteiger partial charge is 0.497 e. The molecule has 3 aromatic rings. The highest BCUT2D eigenvalue weighted by Gasteiger charge is 2.12. The minimum atomic E-state index is -0.182. The number of carbonyl (C=O) groups is 1. The number of methoxy groups -OCH3 is 2. The first-order valence-electron chi connectivity index (χ1n) is 8.41. The summed E-state index contributed by atoms with van der Waals surface area (Å²) in [5.41, 5.74) is 1.26. The van der Waals surface area contributed by atoms with E-state index in [-0.39, 0.29) is 12.3 Å². The van der Waals surface area contributed by atoms with E-state index < -0.39 is 0 Å². The maximum Gasteiger partial charge on any atom is 0.230 e. The summed E-state index contributed by atoms with van der Waals surface area (Å²) in [6.45, 7) is 0.334. The van der Waals surface area contributed by atoms with Gasteiger partial charge in [0.15, 0.2) is 0 Å². The van der Waals surface area contributed by atoms with Crippen molar-refractivity contribution in [2.45, 2.75) is 13.0 Å². The van der Waals surface area contributed by atoms with Gasteiger partial charge in [0.25, 0.3) is 0 Å². The van der Waals surface area contributed by atoms with Crippen molar-refractivity contribution in [1.82, 2.24) is 4.98 Å². The Bertz CT molecular complexity index is 944. The van der Waals surface area contributed by atoms with Gasteiger partial charge in [0.2, 0.25) is 5.91 Å². The molecular weight excluding hydrogens is 400 g/mol. The van der Waals surface area contributed by atoms with Crippen molar-refractivity contribution in [3.8, 4) is 17.2 Å². The molecule has 2 aromatic carbocycles. The molecule has 0 atom stereocenters. The van der Waals surface area contributed by atoms with Gasteiger partial charge in [-0.3, -0.25) is 4.79 Å². The topological polar surface area (TPSA) is 69.7 Å². The Labute approximate surface area is 172 Å². The van der Waals surface area contributed by atoms with E-state index in [0.717, 1.165) is 5.01 Å². The highest BCUT2D eigenvalue weighted by atomic mass is 35.5. The van der Waals surface area contributed by atoms with Crippen molar-refractivity contribution in [3.63, 3.8) is 0 Å². The number of halogens is 1. The maximum absolute atomic E-state index is 12.3. The highest BCUT2D eigenvalue weighted by Crippen LogP contribution is 2.29. The second kappa shape index (κ2) is 9.43. The van der Waals surface area contributed by atoms with Crippen molar-refractivity contribution in [3.05, 3.63) is 63.6 Å². The molecule has 1 heterocycles. The Balaban J connectivity index is 1.56. The van der Waals surface area contributed by atoms with Crippen LogP contribution in [0, 0.1) is 0 Å². The van der Waals surface area contributed by atoms with Crippen LogP contribution >= 0.6 is 22.9 Å². The number of carbonyl (C=O) groups excluding carboxylic acids is 1. The molecule has 0 aliphatic heterocycles. The molecule has 146 valence electrons. The third-order valence-corrected chi connectivity index (χ3v) is 4.92. The van der Waals surface area contributed by atoms with Gasteiger partial charge in [-0.25, -0.2) is 4.98 Å². The Kier molecular flexibility index (Phi) is 6.73. The Morgan fingerprint density at radius 1 is 1.11 bits per heavy atom. The SMILES string of the molecule is COc1ccc(NC(=O)Cc2csc(COc3ccc(Cl)cc3)n2)c(OC)c1. The van der Waals surface area contributed by atoms with Gasteiger partial charge in [0.05, 0.1) is 32.0 Å². The van der Waals surface area contributed by atoms with E-state index in [4.69, 9.17) is 25.8 Å². The molecule has 1 aromatic heterocycles. The third kappa shape index (κ3) is 5.37. The number of hydrogen-bond donors (Lipinski definition) is 1. The van der Waals surface area contributed by atoms with E-state index in [1.54, 1.807) is 49.6 Å². The first-order valence-corrected chi connectivity index (χ1v) is 9.66. The fourth-order valence-electron chi connectivity index (χ4n) is 2.43. The minimum Gasteiger partial charge on any atom is -0.497 e. The van der Waals surface area contributed by atoms with Crippen molar-refractivity contribution in [2.75, 3.05) is 19.5 Å². The van der Waals surface area contributed by atoms with Gasteiger partial charge < -0.3 is 19.5 Å². The van der Waals surface area contributed by atoms with Crippen LogP contribution in [0.4, 0.5) is 5.69 Å². The van der Waals surface area contributed by atoms with E-state index in [9.17, 15) is 4.79 Å². The molecular formula is C20H19ClN2O4S. The van der Waals surface area contributed by atoms with Gasteiger partial charge in [-0.2, -0.15) is 0 Å². The Hall–Kier alpha value is -2.77. The number of benzene rings is 2. The monoisotopic (exact) mass is 418 g/mol. The molecule has 0 fully saturated rings. The van der Waals surface area contributed by atoms with Crippen LogP contribution in [0.2, 0.25) is 5.02 Å². The number of ether oxygens (including phenoxy) is 3. The molecule has 3 rings (SSSR count). The predicted octanol–water partition coefficient (Wildman–Crippen LogP) is 4.57. The van der Waals surface area contributed by atoms with Crippen molar-refractivity contribution in [2.24, 2.45) is 0 Å². The fourth-order valence-corrected chi connectivity index (χ4v) is 3.26. The van der Waals surface area contributed by atoms with Gasteiger partial charge in [-0.15, -0.1) is 11.3 Å². The summed E-state index contributed by atoms with van der Waals surface area (Å²) in [5, 5.41) is 6.13. The summed E-state index contributed by atoms with van der Waals surface area (Å²) < 4.78 is 16.1. The van der Waals surface area contributed by atoms with E-state index in [1.165, 1.54) is 18.4 Å². The van der Waals surface area contributed by atoms with Crippen molar-refractivity contribution >= 4 is 34.5 Å². The summed E-state index contributed by atoms with van der Waals surface area (Å²) in [5.74, 6) is 1.71. The van der Waals surface area contributed by atoms with Crippen LogP contribution in [-0.2, 0) is 17.8 Å². The van der Waals surface area contributed by atoms with Crippen LogP contribution in [0.5, 0.6) is 17.2 Å². The summed E-state index contributed by atoms with van der Waals surface area (Å²) in [4.78, 5) is 16.8. The van der Waals surface area contributed by atoms with Crippen molar-refractivity contribution < 1.29 is 19.0 Å². The number of anilines is 1. The summed E-state index contributed by atoms with van der Waals surface area (Å²) in [6.07, 6.45) is 0.159. The van der Waals surface area contributed by atoms with E-state index in [2.05, 4.69) is 10.3 Å². The molecule has 0 aliphatic carbocycles. The average Bonchev–Trinajstić information content (AvgIpc) is 3.15. The van der Waals surface area contributed by atoms with E-state index >= 15 is 0 Å². The number of nitrogens with zero attached hydrogens (tertiary/aromatic N) is 1. The Morgan fingerprint density at radius 2 is 1.86 bits per heavy atom. The zero-order chi connectivity index (χ0) is 19.9. The van der Waals surface area contributed by atoms with Crippen LogP contribution in [-0.4, -0.2) is 25.1 Å². The third-order valence-electron chi connectivity index (χ3n) is 3.80. The molecule has 6 nitrogen and oxygen atoms in total. The molecule has 28 heavy (non-hydrogen) atoms. The zero-order valence-corrected chi connectivity index (χ0v) is 17.0. The normalized spacial score (nSPS) is 10.4. The van der Waals surface area contributed by atoms with Crippen LogP contribution in [0.3, 0.4) is 0 Å². The number of rotatable bonds is 8. The summed E-state index contributed by atoms with van der Waals surface area (Å²) in [7, 11) is 3.11. The predicted molar refractivity (Wildman–Crippen MR) is 110 cm³/mol. The quantitative estimate of drug-likeness (QED) is 0.580. The van der Waals surface area contributed by atoms with E-state index in [1.807, 2.05) is 5.38 Å². The fraction of sp³-hybridized carbons (Fsp3) is 0.200. The van der Waals surface area contributed by atoms with Gasteiger partial charge in [-0.05, 0) is 36.4 Å². The zero-order valence-electron chi connectivity index (χ0n) is 15.4. The lowest BCUT2D eigenvalue weighted by Crippen LogP contribution is -2.15. The molecule has 0 bridgehead atoms. The molecule has 0 spiro atoms. The number of amides is 1. The smallest absolute Gasteiger partial charge is 0.230 e. The van der Waals surface area contributed by atoms with Gasteiger partial charge in [0.1, 0.15) is 28.9 Å². The van der Waals surface area contributed by atoms with Crippen LogP contribution in [0.15, 0.2) is 47.8 Å². The van der Waals surface area contributed by atoms with Crippen molar-refractivity contribution in [1.29, 1.82) is 0 Å². The first-order chi connectivity index (χ1) is 13.6. The first kappa shape index (κ1) is 20.0. The molecule has 0 saturated carbocycles. The maximum atomic E-state index is 12.3. The molecule has 1 N–H and O–H groups in total. The Morgan fingerprint density at radius 3 is 2.57 bits per heavy atom. The minimum absolute atomic E-state index is 0.159. The van der Waals surface area contributed by atoms with E-state index in [0.29, 0.717) is 40.3 Å². The molecule has 0 saturated heterocycles. The summed E-state index contributed by atoms with van der Waals surface area (Å²) in [6, 6.07) is 12.3.